The van der Waals surface area contributed by atoms with Gasteiger partial charge in [-0.25, -0.2) is 17.4 Å². The van der Waals surface area contributed by atoms with Gasteiger partial charge in [0.25, 0.3) is 10.0 Å². The lowest BCUT2D eigenvalue weighted by Crippen LogP contribution is -2.13. The molecule has 110 valence electrons. The van der Waals surface area contributed by atoms with E-state index in [-0.39, 0.29) is 4.90 Å². The van der Waals surface area contributed by atoms with Gasteiger partial charge in [0.15, 0.2) is 5.65 Å². The van der Waals surface area contributed by atoms with Crippen LogP contribution < -0.4 is 5.32 Å². The third-order valence-electron chi connectivity index (χ3n) is 3.56. The van der Waals surface area contributed by atoms with Gasteiger partial charge >= 0.3 is 0 Å². The van der Waals surface area contributed by atoms with Gasteiger partial charge in [-0.15, -0.1) is 0 Å². The highest BCUT2D eigenvalue weighted by Gasteiger charge is 2.21. The molecule has 0 saturated carbocycles. The Morgan fingerprint density at radius 3 is 2.77 bits per heavy atom. The Bertz CT molecular complexity index is 991. The fourth-order valence-corrected chi connectivity index (χ4v) is 3.85. The van der Waals surface area contributed by atoms with Crippen molar-refractivity contribution >= 4 is 38.6 Å². The number of nitrogens with one attached hydrogen (secondary N) is 1. The van der Waals surface area contributed by atoms with E-state index in [9.17, 15) is 8.42 Å². The van der Waals surface area contributed by atoms with Crippen LogP contribution in [0.3, 0.4) is 0 Å². The molecular formula is C15H12N4O2S. The number of aliphatic imine (C=N–C) groups is 1. The van der Waals surface area contributed by atoms with E-state index in [1.165, 1.54) is 10.2 Å². The maximum atomic E-state index is 12.7. The summed E-state index contributed by atoms with van der Waals surface area (Å²) in [6, 6.07) is 10.1. The van der Waals surface area contributed by atoms with Crippen LogP contribution in [0, 0.1) is 0 Å². The predicted molar refractivity (Wildman–Crippen MR) is 85.4 cm³/mol. The largest absolute Gasteiger partial charge is 0.378 e. The molecule has 1 aliphatic rings. The van der Waals surface area contributed by atoms with Crippen LogP contribution in [0.1, 0.15) is 0 Å². The van der Waals surface area contributed by atoms with Crippen molar-refractivity contribution in [1.29, 1.82) is 0 Å². The first-order valence-electron chi connectivity index (χ1n) is 6.75. The molecule has 0 spiro atoms. The second kappa shape index (κ2) is 4.67. The maximum Gasteiger partial charge on any atom is 0.269 e. The van der Waals surface area contributed by atoms with Gasteiger partial charge in [-0.1, -0.05) is 18.2 Å². The number of nitrogens with zero attached hydrogens (tertiary/aromatic N) is 3. The average Bonchev–Trinajstić information content (AvgIpc) is 3.01. The van der Waals surface area contributed by atoms with Gasteiger partial charge in [0, 0.05) is 17.8 Å². The van der Waals surface area contributed by atoms with E-state index in [2.05, 4.69) is 15.3 Å². The molecule has 0 saturated heterocycles. The molecule has 3 heterocycles. The van der Waals surface area contributed by atoms with Crippen molar-refractivity contribution in [2.75, 3.05) is 11.9 Å². The van der Waals surface area contributed by atoms with Gasteiger partial charge in [0.1, 0.15) is 5.69 Å². The highest BCUT2D eigenvalue weighted by Crippen LogP contribution is 2.34. The summed E-state index contributed by atoms with van der Waals surface area (Å²) in [5, 5.41) is 3.96. The molecule has 6 nitrogen and oxygen atoms in total. The number of fused-ring (bicyclic) bond motifs is 3. The minimum absolute atomic E-state index is 0.234. The zero-order valence-corrected chi connectivity index (χ0v) is 12.3. The summed E-state index contributed by atoms with van der Waals surface area (Å²) in [5.74, 6) is 0. The molecule has 0 atom stereocenters. The van der Waals surface area contributed by atoms with E-state index < -0.39 is 10.0 Å². The normalized spacial score (nSPS) is 13.8. The zero-order valence-electron chi connectivity index (χ0n) is 11.5. The van der Waals surface area contributed by atoms with Crippen molar-refractivity contribution < 1.29 is 8.42 Å². The van der Waals surface area contributed by atoms with Crippen LogP contribution in [0.2, 0.25) is 0 Å². The first-order valence-corrected chi connectivity index (χ1v) is 8.19. The summed E-state index contributed by atoms with van der Waals surface area (Å²) in [6.07, 6.45) is 4.87. The smallest absolute Gasteiger partial charge is 0.269 e. The van der Waals surface area contributed by atoms with Crippen LogP contribution in [-0.4, -0.2) is 30.1 Å². The number of benzene rings is 1. The summed E-state index contributed by atoms with van der Waals surface area (Å²) in [7, 11) is -3.66. The van der Waals surface area contributed by atoms with Crippen molar-refractivity contribution in [3.8, 4) is 0 Å². The molecule has 22 heavy (non-hydrogen) atoms. The standard InChI is InChI=1S/C15H12N4O2S/c20-22(21,11-4-2-1-3-5-11)19-9-6-12-14-13(10-18-15(12)19)16-7-8-17-14/h1-7,9-10,17H,8H2. The Morgan fingerprint density at radius 2 is 1.95 bits per heavy atom. The van der Waals surface area contributed by atoms with Crippen molar-refractivity contribution in [3.63, 3.8) is 0 Å². The first kappa shape index (κ1) is 13.0. The Hall–Kier alpha value is -2.67. The maximum absolute atomic E-state index is 12.7. The topological polar surface area (TPSA) is 76.3 Å². The van der Waals surface area contributed by atoms with E-state index in [4.69, 9.17) is 0 Å². The summed E-state index contributed by atoms with van der Waals surface area (Å²) < 4.78 is 26.7. The number of anilines is 1. The molecule has 0 unspecified atom stereocenters. The van der Waals surface area contributed by atoms with Crippen LogP contribution in [-0.2, 0) is 10.0 Å². The molecule has 0 aliphatic carbocycles. The number of rotatable bonds is 2. The zero-order chi connectivity index (χ0) is 15.2. The first-order chi connectivity index (χ1) is 10.7. The molecule has 1 aromatic carbocycles. The number of hydrogen-bond acceptors (Lipinski definition) is 5. The summed E-state index contributed by atoms with van der Waals surface area (Å²) in [4.78, 5) is 8.77. The van der Waals surface area contributed by atoms with E-state index in [1.54, 1.807) is 48.8 Å². The summed E-state index contributed by atoms with van der Waals surface area (Å²) >= 11 is 0. The van der Waals surface area contributed by atoms with Crippen LogP contribution in [0.5, 0.6) is 0 Å². The second-order valence-electron chi connectivity index (χ2n) is 4.88. The van der Waals surface area contributed by atoms with Crippen LogP contribution >= 0.6 is 0 Å². The van der Waals surface area contributed by atoms with Gasteiger partial charge in [-0.05, 0) is 18.2 Å². The van der Waals surface area contributed by atoms with Gasteiger partial charge in [-0.3, -0.25) is 4.99 Å². The number of aromatic nitrogens is 2. The van der Waals surface area contributed by atoms with Crippen molar-refractivity contribution in [2.24, 2.45) is 4.99 Å². The van der Waals surface area contributed by atoms with Gasteiger partial charge in [0.2, 0.25) is 0 Å². The third kappa shape index (κ3) is 1.82. The number of hydrogen-bond donors (Lipinski definition) is 1. The van der Waals surface area contributed by atoms with Crippen molar-refractivity contribution in [1.82, 2.24) is 8.96 Å². The SMILES string of the molecule is O=S(=O)(c1ccccc1)n1ccc2c3c(cnc21)N=CCN3. The molecule has 2 aromatic heterocycles. The molecule has 4 rings (SSSR count). The molecule has 1 aliphatic heterocycles. The summed E-state index contributed by atoms with van der Waals surface area (Å²) in [6.45, 7) is 0.614. The molecule has 0 fully saturated rings. The van der Waals surface area contributed by atoms with E-state index in [1.807, 2.05) is 0 Å². The Labute approximate surface area is 127 Å². The van der Waals surface area contributed by atoms with E-state index >= 15 is 0 Å². The van der Waals surface area contributed by atoms with Crippen molar-refractivity contribution in [2.45, 2.75) is 4.90 Å². The molecule has 1 N–H and O–H groups in total. The average molecular weight is 312 g/mol. The third-order valence-corrected chi connectivity index (χ3v) is 5.24. The fraction of sp³-hybridized carbons (Fsp3) is 0.0667. The molecular weight excluding hydrogens is 300 g/mol. The molecule has 3 aromatic rings. The van der Waals surface area contributed by atoms with Gasteiger partial charge in [0.05, 0.1) is 23.3 Å². The lowest BCUT2D eigenvalue weighted by molar-refractivity contribution is 0.589. The second-order valence-corrected chi connectivity index (χ2v) is 6.69. The lowest BCUT2D eigenvalue weighted by Gasteiger charge is -2.13. The van der Waals surface area contributed by atoms with E-state index in [0.717, 1.165) is 11.1 Å². The number of pyridine rings is 1. The predicted octanol–water partition coefficient (Wildman–Crippen LogP) is 2.40. The quantitative estimate of drug-likeness (QED) is 0.788. The van der Waals surface area contributed by atoms with Crippen LogP contribution in [0.25, 0.3) is 11.0 Å². The molecule has 0 radical (unpaired) electrons. The summed E-state index contributed by atoms with van der Waals surface area (Å²) in [5.41, 5.74) is 1.93. The highest BCUT2D eigenvalue weighted by atomic mass is 32.2. The van der Waals surface area contributed by atoms with Crippen LogP contribution in [0.15, 0.2) is 58.7 Å². The highest BCUT2D eigenvalue weighted by molar-refractivity contribution is 7.90. The molecule has 0 bridgehead atoms. The Morgan fingerprint density at radius 1 is 1.14 bits per heavy atom. The van der Waals surface area contributed by atoms with Gasteiger partial charge in [-0.2, -0.15) is 0 Å². The molecule has 0 amide bonds. The van der Waals surface area contributed by atoms with Crippen LogP contribution in [0.4, 0.5) is 11.4 Å². The lowest BCUT2D eigenvalue weighted by atomic mass is 10.2. The minimum atomic E-state index is -3.66. The minimum Gasteiger partial charge on any atom is -0.378 e. The Kier molecular flexibility index (Phi) is 2.77. The Balaban J connectivity index is 1.96. The van der Waals surface area contributed by atoms with Gasteiger partial charge < -0.3 is 5.32 Å². The van der Waals surface area contributed by atoms with E-state index in [0.29, 0.717) is 17.9 Å². The fourth-order valence-electron chi connectivity index (χ4n) is 2.53. The monoisotopic (exact) mass is 312 g/mol. The molecule has 7 heteroatoms. The van der Waals surface area contributed by atoms with Crippen molar-refractivity contribution in [3.05, 3.63) is 48.8 Å².